The summed E-state index contributed by atoms with van der Waals surface area (Å²) in [5.41, 5.74) is 2.86. The Hall–Kier alpha value is -2.66. The summed E-state index contributed by atoms with van der Waals surface area (Å²) in [7, 11) is 0. The number of nitrogens with zero attached hydrogens (tertiary/aromatic N) is 2. The van der Waals surface area contributed by atoms with Crippen LogP contribution in [0.5, 0.6) is 0 Å². The van der Waals surface area contributed by atoms with Crippen LogP contribution in [0.15, 0.2) is 54.6 Å². The van der Waals surface area contributed by atoms with Crippen molar-refractivity contribution in [1.82, 2.24) is 14.9 Å². The number of carbonyl (C=O) groups is 1. The number of anilines is 1. The first-order valence-corrected chi connectivity index (χ1v) is 8.85. The lowest BCUT2D eigenvalue weighted by Crippen LogP contribution is -2.17. The average Bonchev–Trinajstić information content (AvgIpc) is 3.28. The largest absolute Gasteiger partial charge is 0.316 e. The Morgan fingerprint density at radius 1 is 1.16 bits per heavy atom. The van der Waals surface area contributed by atoms with Crippen molar-refractivity contribution >= 4 is 22.9 Å². The van der Waals surface area contributed by atoms with Gasteiger partial charge in [0.1, 0.15) is 0 Å². The molecule has 0 bridgehead atoms. The molecule has 1 aromatic heterocycles. The Morgan fingerprint density at radius 3 is 2.76 bits per heavy atom. The van der Waals surface area contributed by atoms with Gasteiger partial charge in [0, 0.05) is 12.1 Å². The summed E-state index contributed by atoms with van der Waals surface area (Å²) in [5, 5.41) is 6.36. The summed E-state index contributed by atoms with van der Waals surface area (Å²) in [6.45, 7) is 2.09. The fraction of sp³-hybridized carbons (Fsp3) is 0.300. The average molecular weight is 334 g/mol. The van der Waals surface area contributed by atoms with Crippen molar-refractivity contribution in [2.24, 2.45) is 5.92 Å². The molecule has 2 heterocycles. The molecule has 128 valence electrons. The van der Waals surface area contributed by atoms with Crippen LogP contribution in [-0.4, -0.2) is 28.5 Å². The smallest absolute Gasteiger partial charge is 0.226 e. The number of carbonyl (C=O) groups excluding carboxylic acids is 1. The summed E-state index contributed by atoms with van der Waals surface area (Å²) in [5.74, 6) is 1.22. The van der Waals surface area contributed by atoms with Gasteiger partial charge in [-0.3, -0.25) is 14.7 Å². The molecular formula is C20H22N4O. The van der Waals surface area contributed by atoms with Gasteiger partial charge in [-0.1, -0.05) is 30.3 Å². The van der Waals surface area contributed by atoms with Gasteiger partial charge >= 0.3 is 0 Å². The van der Waals surface area contributed by atoms with E-state index in [-0.39, 0.29) is 5.91 Å². The minimum Gasteiger partial charge on any atom is -0.316 e. The van der Waals surface area contributed by atoms with E-state index in [1.807, 2.05) is 59.2 Å². The van der Waals surface area contributed by atoms with Crippen LogP contribution < -0.4 is 10.6 Å². The number of imidazole rings is 1. The van der Waals surface area contributed by atoms with Gasteiger partial charge in [0.15, 0.2) is 0 Å². The fourth-order valence-corrected chi connectivity index (χ4v) is 3.43. The SMILES string of the molecule is O=C(CCC1CCNC1)Nc1nc2ccccc2n1-c1ccccc1. The summed E-state index contributed by atoms with van der Waals surface area (Å²) in [6.07, 6.45) is 2.62. The van der Waals surface area contributed by atoms with E-state index < -0.39 is 0 Å². The van der Waals surface area contributed by atoms with E-state index in [0.29, 0.717) is 18.3 Å². The van der Waals surface area contributed by atoms with E-state index in [1.54, 1.807) is 0 Å². The number of fused-ring (bicyclic) bond motifs is 1. The summed E-state index contributed by atoms with van der Waals surface area (Å²) < 4.78 is 2.00. The predicted molar refractivity (Wildman–Crippen MR) is 99.9 cm³/mol. The zero-order valence-corrected chi connectivity index (χ0v) is 14.1. The van der Waals surface area contributed by atoms with Gasteiger partial charge in [-0.25, -0.2) is 4.98 Å². The lowest BCUT2D eigenvalue weighted by molar-refractivity contribution is -0.116. The van der Waals surface area contributed by atoms with Crippen LogP contribution >= 0.6 is 0 Å². The molecule has 1 aliphatic heterocycles. The number of nitrogens with one attached hydrogen (secondary N) is 2. The predicted octanol–water partition coefficient (Wildman–Crippen LogP) is 3.35. The normalized spacial score (nSPS) is 17.0. The second-order valence-electron chi connectivity index (χ2n) is 6.54. The van der Waals surface area contributed by atoms with Crippen molar-refractivity contribution in [1.29, 1.82) is 0 Å². The minimum atomic E-state index is 0.0272. The van der Waals surface area contributed by atoms with Crippen molar-refractivity contribution in [3.63, 3.8) is 0 Å². The molecule has 2 aromatic carbocycles. The fourth-order valence-electron chi connectivity index (χ4n) is 3.43. The third kappa shape index (κ3) is 3.42. The zero-order chi connectivity index (χ0) is 17.1. The standard InChI is InChI=1S/C20H22N4O/c25-19(11-10-15-12-13-21-14-15)23-20-22-17-8-4-5-9-18(17)24(20)16-6-2-1-3-7-16/h1-9,15,21H,10-14H2,(H,22,23,25). The Kier molecular flexibility index (Phi) is 4.48. The quantitative estimate of drug-likeness (QED) is 0.752. The van der Waals surface area contributed by atoms with Gasteiger partial charge < -0.3 is 5.32 Å². The van der Waals surface area contributed by atoms with Crippen LogP contribution in [-0.2, 0) is 4.79 Å². The molecule has 1 amide bonds. The van der Waals surface area contributed by atoms with Gasteiger partial charge in [-0.2, -0.15) is 0 Å². The van der Waals surface area contributed by atoms with Crippen molar-refractivity contribution < 1.29 is 4.79 Å². The number of rotatable bonds is 5. The number of hydrogen-bond donors (Lipinski definition) is 2. The zero-order valence-electron chi connectivity index (χ0n) is 14.1. The van der Waals surface area contributed by atoms with E-state index in [0.717, 1.165) is 42.7 Å². The molecule has 1 aliphatic rings. The van der Waals surface area contributed by atoms with E-state index in [4.69, 9.17) is 0 Å². The maximum Gasteiger partial charge on any atom is 0.226 e. The highest BCUT2D eigenvalue weighted by Gasteiger charge is 2.18. The maximum atomic E-state index is 12.4. The number of benzene rings is 2. The summed E-state index contributed by atoms with van der Waals surface area (Å²) >= 11 is 0. The van der Waals surface area contributed by atoms with Crippen molar-refractivity contribution in [3.05, 3.63) is 54.6 Å². The molecule has 0 radical (unpaired) electrons. The Morgan fingerprint density at radius 2 is 1.96 bits per heavy atom. The molecule has 5 nitrogen and oxygen atoms in total. The van der Waals surface area contributed by atoms with Crippen LogP contribution in [0.2, 0.25) is 0 Å². The molecule has 1 fully saturated rings. The third-order valence-corrected chi connectivity index (χ3v) is 4.77. The monoisotopic (exact) mass is 334 g/mol. The van der Waals surface area contributed by atoms with Gasteiger partial charge in [-0.05, 0) is 56.1 Å². The molecule has 5 heteroatoms. The first kappa shape index (κ1) is 15.8. The highest BCUT2D eigenvalue weighted by atomic mass is 16.1. The maximum absolute atomic E-state index is 12.4. The van der Waals surface area contributed by atoms with Crippen molar-refractivity contribution in [2.45, 2.75) is 19.3 Å². The van der Waals surface area contributed by atoms with Gasteiger partial charge in [-0.15, -0.1) is 0 Å². The Bertz CT molecular complexity index is 866. The van der Waals surface area contributed by atoms with E-state index in [1.165, 1.54) is 0 Å². The molecule has 25 heavy (non-hydrogen) atoms. The molecule has 1 atom stereocenters. The second kappa shape index (κ2) is 7.07. The van der Waals surface area contributed by atoms with Crippen molar-refractivity contribution in [2.75, 3.05) is 18.4 Å². The Balaban J connectivity index is 1.59. The van der Waals surface area contributed by atoms with Gasteiger partial charge in [0.05, 0.1) is 11.0 Å². The van der Waals surface area contributed by atoms with Crippen LogP contribution in [0, 0.1) is 5.92 Å². The molecule has 1 unspecified atom stereocenters. The molecule has 1 saturated heterocycles. The highest BCUT2D eigenvalue weighted by Crippen LogP contribution is 2.25. The second-order valence-corrected chi connectivity index (χ2v) is 6.54. The van der Waals surface area contributed by atoms with E-state index in [9.17, 15) is 4.79 Å². The first-order valence-electron chi connectivity index (χ1n) is 8.85. The van der Waals surface area contributed by atoms with Gasteiger partial charge in [0.25, 0.3) is 0 Å². The lowest BCUT2D eigenvalue weighted by Gasteiger charge is -2.11. The van der Waals surface area contributed by atoms with Crippen LogP contribution in [0.1, 0.15) is 19.3 Å². The molecule has 0 spiro atoms. The molecule has 0 saturated carbocycles. The molecule has 4 rings (SSSR count). The molecule has 0 aliphatic carbocycles. The number of amides is 1. The number of hydrogen-bond acceptors (Lipinski definition) is 3. The number of para-hydroxylation sites is 3. The topological polar surface area (TPSA) is 59.0 Å². The van der Waals surface area contributed by atoms with E-state index >= 15 is 0 Å². The molecular weight excluding hydrogens is 312 g/mol. The highest BCUT2D eigenvalue weighted by molar-refractivity contribution is 5.92. The van der Waals surface area contributed by atoms with Crippen molar-refractivity contribution in [3.8, 4) is 5.69 Å². The van der Waals surface area contributed by atoms with E-state index in [2.05, 4.69) is 15.6 Å². The number of aromatic nitrogens is 2. The minimum absolute atomic E-state index is 0.0272. The van der Waals surface area contributed by atoms with Crippen LogP contribution in [0.3, 0.4) is 0 Å². The summed E-state index contributed by atoms with van der Waals surface area (Å²) in [4.78, 5) is 17.1. The molecule has 2 N–H and O–H groups in total. The van der Waals surface area contributed by atoms with Crippen LogP contribution in [0.25, 0.3) is 16.7 Å². The van der Waals surface area contributed by atoms with Gasteiger partial charge in [0.2, 0.25) is 11.9 Å². The van der Waals surface area contributed by atoms with Crippen LogP contribution in [0.4, 0.5) is 5.95 Å². The summed E-state index contributed by atoms with van der Waals surface area (Å²) in [6, 6.07) is 17.9. The molecule has 3 aromatic rings. The first-order chi connectivity index (χ1) is 12.3. The Labute approximate surface area is 147 Å². The third-order valence-electron chi connectivity index (χ3n) is 4.77. The lowest BCUT2D eigenvalue weighted by atomic mass is 10.0.